The summed E-state index contributed by atoms with van der Waals surface area (Å²) in [4.78, 5) is 39.6. The second-order valence-corrected chi connectivity index (χ2v) is 7.46. The topological polar surface area (TPSA) is 108 Å². The van der Waals surface area contributed by atoms with Gasteiger partial charge in [0.2, 0.25) is 5.95 Å². The molecule has 0 aliphatic carbocycles. The molecule has 1 aliphatic rings. The van der Waals surface area contributed by atoms with Gasteiger partial charge in [-0.15, -0.1) is 0 Å². The van der Waals surface area contributed by atoms with Crippen LogP contribution < -0.4 is 9.64 Å². The third-order valence-corrected chi connectivity index (χ3v) is 5.46. The summed E-state index contributed by atoms with van der Waals surface area (Å²) in [5, 5.41) is 11.1. The summed E-state index contributed by atoms with van der Waals surface area (Å²) in [6, 6.07) is 18.3. The number of ketones is 1. The molecule has 1 atom stereocenters. The number of aromatic amines is 1. The van der Waals surface area contributed by atoms with Gasteiger partial charge in [0.1, 0.15) is 17.6 Å². The summed E-state index contributed by atoms with van der Waals surface area (Å²) >= 11 is 0. The summed E-state index contributed by atoms with van der Waals surface area (Å²) in [6.07, 6.45) is 1.57. The van der Waals surface area contributed by atoms with Crippen LogP contribution in [-0.2, 0) is 9.59 Å². The van der Waals surface area contributed by atoms with Crippen molar-refractivity contribution < 1.29 is 19.4 Å². The van der Waals surface area contributed by atoms with E-state index < -0.39 is 17.7 Å². The monoisotopic (exact) mass is 440 g/mol. The van der Waals surface area contributed by atoms with Crippen molar-refractivity contribution in [2.75, 3.05) is 11.5 Å². The standard InChI is InChI=1S/C25H20N4O4/c1-2-33-16-12-10-15(11-13-16)22(30)20-21(19-9-5-6-14-26-19)29(24(32)23(20)31)25-27-17-7-3-4-8-18(17)28-25/h3-14,21,30H,2H2,1H3,(H,27,28)/b22-20+. The fourth-order valence-electron chi connectivity index (χ4n) is 3.95. The number of anilines is 1. The first-order chi connectivity index (χ1) is 16.1. The van der Waals surface area contributed by atoms with E-state index in [1.165, 1.54) is 4.90 Å². The third kappa shape index (κ3) is 3.51. The quantitative estimate of drug-likeness (QED) is 0.276. The fraction of sp³-hybridized carbons (Fsp3) is 0.120. The molecular weight excluding hydrogens is 420 g/mol. The molecule has 2 aromatic carbocycles. The number of benzene rings is 2. The van der Waals surface area contributed by atoms with E-state index in [-0.39, 0.29) is 17.3 Å². The van der Waals surface area contributed by atoms with E-state index >= 15 is 0 Å². The molecule has 0 bridgehead atoms. The number of hydrogen-bond acceptors (Lipinski definition) is 6. The van der Waals surface area contributed by atoms with Gasteiger partial charge >= 0.3 is 5.91 Å². The number of para-hydroxylation sites is 2. The van der Waals surface area contributed by atoms with Gasteiger partial charge in [-0.05, 0) is 55.5 Å². The van der Waals surface area contributed by atoms with Crippen molar-refractivity contribution in [3.63, 3.8) is 0 Å². The molecular formula is C25H20N4O4. The Morgan fingerprint density at radius 2 is 1.82 bits per heavy atom. The molecule has 2 N–H and O–H groups in total. The number of hydrogen-bond donors (Lipinski definition) is 2. The van der Waals surface area contributed by atoms with Crippen molar-refractivity contribution in [1.82, 2.24) is 15.0 Å². The minimum atomic E-state index is -0.946. The van der Waals surface area contributed by atoms with Crippen LogP contribution in [0.3, 0.4) is 0 Å². The largest absolute Gasteiger partial charge is 0.507 e. The number of aromatic nitrogens is 3. The Hall–Kier alpha value is -4.46. The average molecular weight is 440 g/mol. The lowest BCUT2D eigenvalue weighted by Crippen LogP contribution is -2.30. The number of pyridine rings is 1. The van der Waals surface area contributed by atoms with E-state index in [1.54, 1.807) is 48.7 Å². The van der Waals surface area contributed by atoms with Crippen molar-refractivity contribution in [1.29, 1.82) is 0 Å². The zero-order valence-corrected chi connectivity index (χ0v) is 17.7. The van der Waals surface area contributed by atoms with Crippen LogP contribution in [0.2, 0.25) is 0 Å². The summed E-state index contributed by atoms with van der Waals surface area (Å²) in [5.41, 5.74) is 2.15. The molecule has 164 valence electrons. The van der Waals surface area contributed by atoms with Crippen LogP contribution in [0.4, 0.5) is 5.95 Å². The van der Waals surface area contributed by atoms with E-state index in [1.807, 2.05) is 31.2 Å². The zero-order valence-electron chi connectivity index (χ0n) is 17.7. The number of Topliss-reactive ketones (excluding diaryl/α,β-unsaturated/α-hetero) is 1. The molecule has 1 fully saturated rings. The zero-order chi connectivity index (χ0) is 22.9. The number of fused-ring (bicyclic) bond motifs is 1. The molecule has 5 rings (SSSR count). The average Bonchev–Trinajstić information content (AvgIpc) is 3.38. The number of ether oxygens (including phenoxy) is 1. The molecule has 1 amide bonds. The van der Waals surface area contributed by atoms with E-state index in [9.17, 15) is 14.7 Å². The maximum absolute atomic E-state index is 13.2. The van der Waals surface area contributed by atoms with Crippen molar-refractivity contribution in [2.24, 2.45) is 0 Å². The van der Waals surface area contributed by atoms with E-state index in [2.05, 4.69) is 15.0 Å². The van der Waals surface area contributed by atoms with Crippen molar-refractivity contribution in [3.05, 3.63) is 89.8 Å². The minimum Gasteiger partial charge on any atom is -0.507 e. The van der Waals surface area contributed by atoms with Crippen LogP contribution in [-0.4, -0.2) is 38.4 Å². The normalized spacial score (nSPS) is 17.6. The molecule has 0 spiro atoms. The molecule has 8 heteroatoms. The molecule has 8 nitrogen and oxygen atoms in total. The predicted octanol–water partition coefficient (Wildman–Crippen LogP) is 3.98. The number of carbonyl (C=O) groups excluding carboxylic acids is 2. The van der Waals surface area contributed by atoms with Crippen LogP contribution in [0.15, 0.2) is 78.5 Å². The predicted molar refractivity (Wildman–Crippen MR) is 123 cm³/mol. The van der Waals surface area contributed by atoms with Crippen LogP contribution in [0.25, 0.3) is 16.8 Å². The maximum Gasteiger partial charge on any atom is 0.302 e. The van der Waals surface area contributed by atoms with Gasteiger partial charge in [-0.2, -0.15) is 0 Å². The lowest BCUT2D eigenvalue weighted by molar-refractivity contribution is -0.132. The van der Waals surface area contributed by atoms with Crippen molar-refractivity contribution in [2.45, 2.75) is 13.0 Å². The highest BCUT2D eigenvalue weighted by atomic mass is 16.5. The van der Waals surface area contributed by atoms with Gasteiger partial charge in [-0.3, -0.25) is 19.5 Å². The number of rotatable bonds is 5. The van der Waals surface area contributed by atoms with Gasteiger partial charge in [-0.1, -0.05) is 18.2 Å². The Balaban J connectivity index is 1.67. The lowest BCUT2D eigenvalue weighted by atomic mass is 9.98. The molecule has 4 aromatic rings. The van der Waals surface area contributed by atoms with Gasteiger partial charge in [0.25, 0.3) is 5.78 Å². The Morgan fingerprint density at radius 1 is 1.06 bits per heavy atom. The molecule has 0 radical (unpaired) electrons. The summed E-state index contributed by atoms with van der Waals surface area (Å²) in [6.45, 7) is 2.38. The Kier molecular flexibility index (Phi) is 5.10. The number of aliphatic hydroxyl groups is 1. The highest BCUT2D eigenvalue weighted by Gasteiger charge is 2.48. The second-order valence-electron chi connectivity index (χ2n) is 7.46. The summed E-state index contributed by atoms with van der Waals surface area (Å²) in [5.74, 6) is -1.04. The number of imidazole rings is 1. The minimum absolute atomic E-state index is 0.0525. The number of nitrogens with one attached hydrogen (secondary N) is 1. The fourth-order valence-corrected chi connectivity index (χ4v) is 3.95. The Morgan fingerprint density at radius 3 is 2.52 bits per heavy atom. The third-order valence-electron chi connectivity index (χ3n) is 5.46. The van der Waals surface area contributed by atoms with Gasteiger partial charge in [0, 0.05) is 11.8 Å². The van der Waals surface area contributed by atoms with Crippen LogP contribution in [0, 0.1) is 0 Å². The molecule has 3 heterocycles. The highest BCUT2D eigenvalue weighted by molar-refractivity contribution is 6.51. The molecule has 33 heavy (non-hydrogen) atoms. The van der Waals surface area contributed by atoms with Gasteiger partial charge in [-0.25, -0.2) is 4.98 Å². The number of nitrogens with zero attached hydrogens (tertiary/aromatic N) is 3. The van der Waals surface area contributed by atoms with Gasteiger partial charge < -0.3 is 14.8 Å². The first-order valence-corrected chi connectivity index (χ1v) is 10.5. The molecule has 1 unspecified atom stereocenters. The van der Waals surface area contributed by atoms with E-state index in [4.69, 9.17) is 4.74 Å². The van der Waals surface area contributed by atoms with Gasteiger partial charge in [0.15, 0.2) is 0 Å². The first kappa shape index (κ1) is 20.4. The first-order valence-electron chi connectivity index (χ1n) is 10.5. The molecule has 0 saturated carbocycles. The molecule has 1 aliphatic heterocycles. The smallest absolute Gasteiger partial charge is 0.302 e. The number of H-pyrrole nitrogens is 1. The lowest BCUT2D eigenvalue weighted by Gasteiger charge is -2.22. The number of carbonyl (C=O) groups is 2. The van der Waals surface area contributed by atoms with Crippen molar-refractivity contribution in [3.8, 4) is 5.75 Å². The number of aliphatic hydroxyl groups excluding tert-OH is 1. The highest BCUT2D eigenvalue weighted by Crippen LogP contribution is 2.41. The van der Waals surface area contributed by atoms with Crippen LogP contribution >= 0.6 is 0 Å². The van der Waals surface area contributed by atoms with Crippen LogP contribution in [0.1, 0.15) is 24.2 Å². The summed E-state index contributed by atoms with van der Waals surface area (Å²) < 4.78 is 5.45. The second kappa shape index (κ2) is 8.23. The molecule has 1 saturated heterocycles. The summed E-state index contributed by atoms with van der Waals surface area (Å²) in [7, 11) is 0. The van der Waals surface area contributed by atoms with Crippen LogP contribution in [0.5, 0.6) is 5.75 Å². The Labute approximate surface area is 189 Å². The number of amides is 1. The van der Waals surface area contributed by atoms with E-state index in [0.717, 1.165) is 5.52 Å². The maximum atomic E-state index is 13.2. The SMILES string of the molecule is CCOc1ccc(/C(O)=C2\C(=O)C(=O)N(c3nc4ccccc4[nH]3)C2c2ccccn2)cc1. The van der Waals surface area contributed by atoms with Gasteiger partial charge in [0.05, 0.1) is 28.9 Å². The van der Waals surface area contributed by atoms with Crippen molar-refractivity contribution >= 4 is 34.4 Å². The molecule has 2 aromatic heterocycles. The Bertz CT molecular complexity index is 1340. The van der Waals surface area contributed by atoms with E-state index in [0.29, 0.717) is 29.1 Å².